The van der Waals surface area contributed by atoms with Crippen LogP contribution in [-0.2, 0) is 14.3 Å². The maximum Gasteiger partial charge on any atom is 0.306 e. The predicted molar refractivity (Wildman–Crippen MR) is 99.2 cm³/mol. The largest absolute Gasteiger partial charge is 0.456 e. The molecule has 2 rings (SSSR count). The van der Waals surface area contributed by atoms with Crippen molar-refractivity contribution in [1.29, 1.82) is 0 Å². The van der Waals surface area contributed by atoms with Gasteiger partial charge in [-0.25, -0.2) is 0 Å². The highest BCUT2D eigenvalue weighted by atomic mass is 79.9. The second-order valence-corrected chi connectivity index (χ2v) is 7.10. The molecule has 0 aliphatic rings. The van der Waals surface area contributed by atoms with Crippen LogP contribution in [0.1, 0.15) is 19.8 Å². The third-order valence-corrected chi connectivity index (χ3v) is 4.55. The van der Waals surface area contributed by atoms with Crippen LogP contribution >= 0.6 is 27.7 Å². The standard InChI is InChI=1S/C18H18BrNO3S/c1-2-3-18(22)23-12-17(21)20-14-6-10-16(11-7-14)24-15-8-4-13(19)5-9-15/h4-11H,2-3,12H2,1H3,(H,20,21). The van der Waals surface area contributed by atoms with Crippen molar-refractivity contribution < 1.29 is 14.3 Å². The van der Waals surface area contributed by atoms with Crippen LogP contribution in [0.2, 0.25) is 0 Å². The van der Waals surface area contributed by atoms with E-state index in [4.69, 9.17) is 4.74 Å². The summed E-state index contributed by atoms with van der Waals surface area (Å²) in [5, 5.41) is 2.71. The molecule has 6 heteroatoms. The number of nitrogens with one attached hydrogen (secondary N) is 1. The molecule has 0 atom stereocenters. The lowest BCUT2D eigenvalue weighted by Crippen LogP contribution is -2.20. The number of anilines is 1. The number of rotatable bonds is 7. The van der Waals surface area contributed by atoms with Gasteiger partial charge in [0.2, 0.25) is 0 Å². The molecule has 0 bridgehead atoms. The van der Waals surface area contributed by atoms with Gasteiger partial charge in [-0.05, 0) is 55.0 Å². The maximum absolute atomic E-state index is 11.7. The van der Waals surface area contributed by atoms with E-state index in [1.165, 1.54) is 0 Å². The van der Waals surface area contributed by atoms with Gasteiger partial charge in [0.1, 0.15) is 0 Å². The highest BCUT2D eigenvalue weighted by Crippen LogP contribution is 2.29. The number of hydrogen-bond acceptors (Lipinski definition) is 4. The van der Waals surface area contributed by atoms with Gasteiger partial charge < -0.3 is 10.1 Å². The Hall–Kier alpha value is -1.79. The minimum absolute atomic E-state index is 0.256. The molecule has 2 aromatic rings. The minimum Gasteiger partial charge on any atom is -0.456 e. The SMILES string of the molecule is CCCC(=O)OCC(=O)Nc1ccc(Sc2ccc(Br)cc2)cc1. The highest BCUT2D eigenvalue weighted by molar-refractivity contribution is 9.10. The van der Waals surface area contributed by atoms with Crippen molar-refractivity contribution >= 4 is 45.3 Å². The van der Waals surface area contributed by atoms with Crippen molar-refractivity contribution in [2.45, 2.75) is 29.6 Å². The average Bonchev–Trinajstić information content (AvgIpc) is 2.57. The zero-order chi connectivity index (χ0) is 17.4. The molecule has 0 saturated heterocycles. The molecule has 1 N–H and O–H groups in total. The quantitative estimate of drug-likeness (QED) is 0.664. The van der Waals surface area contributed by atoms with Crippen LogP contribution in [0.15, 0.2) is 62.8 Å². The van der Waals surface area contributed by atoms with Crippen molar-refractivity contribution in [2.75, 3.05) is 11.9 Å². The molecule has 0 heterocycles. The predicted octanol–water partition coefficient (Wildman–Crippen LogP) is 4.88. The number of amides is 1. The first-order valence-corrected chi connectivity index (χ1v) is 9.16. The summed E-state index contributed by atoms with van der Waals surface area (Å²) >= 11 is 5.05. The molecule has 0 aromatic heterocycles. The summed E-state index contributed by atoms with van der Waals surface area (Å²) < 4.78 is 5.92. The second kappa shape index (κ2) is 9.49. The molecule has 0 fully saturated rings. The van der Waals surface area contributed by atoms with Gasteiger partial charge in [0.05, 0.1) is 0 Å². The smallest absolute Gasteiger partial charge is 0.306 e. The van der Waals surface area contributed by atoms with Crippen molar-refractivity contribution in [3.63, 3.8) is 0 Å². The van der Waals surface area contributed by atoms with Gasteiger partial charge in [0.15, 0.2) is 6.61 Å². The topological polar surface area (TPSA) is 55.4 Å². The normalized spacial score (nSPS) is 10.2. The van der Waals surface area contributed by atoms with E-state index < -0.39 is 0 Å². The van der Waals surface area contributed by atoms with E-state index >= 15 is 0 Å². The number of halogens is 1. The second-order valence-electron chi connectivity index (χ2n) is 5.04. The molecule has 0 spiro atoms. The molecule has 0 aliphatic heterocycles. The van der Waals surface area contributed by atoms with Gasteiger partial charge in [-0.1, -0.05) is 34.6 Å². The number of carbonyl (C=O) groups excluding carboxylic acids is 2. The van der Waals surface area contributed by atoms with Crippen LogP contribution in [0.3, 0.4) is 0 Å². The fraction of sp³-hybridized carbons (Fsp3) is 0.222. The Morgan fingerprint density at radius 3 is 2.21 bits per heavy atom. The van der Waals surface area contributed by atoms with E-state index in [0.29, 0.717) is 18.5 Å². The van der Waals surface area contributed by atoms with Crippen LogP contribution in [-0.4, -0.2) is 18.5 Å². The monoisotopic (exact) mass is 407 g/mol. The molecule has 0 radical (unpaired) electrons. The summed E-state index contributed by atoms with van der Waals surface area (Å²) in [6.07, 6.45) is 1.03. The summed E-state index contributed by atoms with van der Waals surface area (Å²) in [6.45, 7) is 1.63. The first-order valence-electron chi connectivity index (χ1n) is 7.56. The number of esters is 1. The van der Waals surface area contributed by atoms with Gasteiger partial charge in [-0.15, -0.1) is 0 Å². The molecule has 2 aromatic carbocycles. The van der Waals surface area contributed by atoms with Gasteiger partial charge >= 0.3 is 5.97 Å². The Morgan fingerprint density at radius 2 is 1.62 bits per heavy atom. The molecule has 1 amide bonds. The van der Waals surface area contributed by atoms with Gasteiger partial charge in [0, 0.05) is 26.4 Å². The number of ether oxygens (including phenoxy) is 1. The Morgan fingerprint density at radius 1 is 1.04 bits per heavy atom. The van der Waals surface area contributed by atoms with Crippen LogP contribution in [0, 0.1) is 0 Å². The van der Waals surface area contributed by atoms with Crippen molar-refractivity contribution in [3.8, 4) is 0 Å². The summed E-state index contributed by atoms with van der Waals surface area (Å²) in [5.41, 5.74) is 0.673. The van der Waals surface area contributed by atoms with E-state index in [-0.39, 0.29) is 18.5 Å². The van der Waals surface area contributed by atoms with E-state index in [0.717, 1.165) is 14.3 Å². The molecule has 4 nitrogen and oxygen atoms in total. The zero-order valence-electron chi connectivity index (χ0n) is 13.3. The van der Waals surface area contributed by atoms with E-state index in [9.17, 15) is 9.59 Å². The van der Waals surface area contributed by atoms with Crippen molar-refractivity contribution in [1.82, 2.24) is 0 Å². The fourth-order valence-corrected chi connectivity index (χ4v) is 2.95. The lowest BCUT2D eigenvalue weighted by atomic mass is 10.3. The third kappa shape index (κ3) is 6.37. The molecular formula is C18H18BrNO3S. The summed E-state index contributed by atoms with van der Waals surface area (Å²) in [4.78, 5) is 25.2. The molecule has 24 heavy (non-hydrogen) atoms. The lowest BCUT2D eigenvalue weighted by Gasteiger charge is -2.07. The molecular weight excluding hydrogens is 390 g/mol. The van der Waals surface area contributed by atoms with E-state index in [2.05, 4.69) is 21.2 Å². The van der Waals surface area contributed by atoms with Crippen molar-refractivity contribution in [2.24, 2.45) is 0 Å². The van der Waals surface area contributed by atoms with Gasteiger partial charge in [-0.3, -0.25) is 9.59 Å². The average molecular weight is 408 g/mol. The molecule has 0 saturated carbocycles. The van der Waals surface area contributed by atoms with Crippen LogP contribution in [0.25, 0.3) is 0 Å². The Kier molecular flexibility index (Phi) is 7.34. The number of hydrogen-bond donors (Lipinski definition) is 1. The van der Waals surface area contributed by atoms with Crippen molar-refractivity contribution in [3.05, 3.63) is 53.0 Å². The Labute approximate surface area is 154 Å². The van der Waals surface area contributed by atoms with Crippen LogP contribution in [0.5, 0.6) is 0 Å². The zero-order valence-corrected chi connectivity index (χ0v) is 15.7. The number of carbonyl (C=O) groups is 2. The molecule has 0 unspecified atom stereocenters. The molecule has 0 aliphatic carbocycles. The van der Waals surface area contributed by atoms with Gasteiger partial charge in [-0.2, -0.15) is 0 Å². The summed E-state index contributed by atoms with van der Waals surface area (Å²) in [6, 6.07) is 15.6. The fourth-order valence-electron chi connectivity index (χ4n) is 1.86. The summed E-state index contributed by atoms with van der Waals surface area (Å²) in [5.74, 6) is -0.693. The van der Waals surface area contributed by atoms with Crippen LogP contribution in [0.4, 0.5) is 5.69 Å². The maximum atomic E-state index is 11.7. The third-order valence-electron chi connectivity index (χ3n) is 3.01. The summed E-state index contributed by atoms with van der Waals surface area (Å²) in [7, 11) is 0. The lowest BCUT2D eigenvalue weighted by molar-refractivity contribution is -0.147. The van der Waals surface area contributed by atoms with Crippen LogP contribution < -0.4 is 5.32 Å². The Balaban J connectivity index is 1.84. The Bertz CT molecular complexity index is 686. The first kappa shape index (κ1) is 18.5. The highest BCUT2D eigenvalue weighted by Gasteiger charge is 2.07. The number of benzene rings is 2. The first-order chi connectivity index (χ1) is 11.6. The minimum atomic E-state index is -0.353. The molecule has 126 valence electrons. The van der Waals surface area contributed by atoms with Gasteiger partial charge in [0.25, 0.3) is 5.91 Å². The van der Waals surface area contributed by atoms with E-state index in [1.54, 1.807) is 11.8 Å². The van der Waals surface area contributed by atoms with E-state index in [1.807, 2.05) is 55.5 Å².